The van der Waals surface area contributed by atoms with Crippen molar-refractivity contribution in [3.63, 3.8) is 0 Å². The van der Waals surface area contributed by atoms with E-state index < -0.39 is 5.97 Å². The van der Waals surface area contributed by atoms with Crippen molar-refractivity contribution in [2.24, 2.45) is 13.0 Å². The highest BCUT2D eigenvalue weighted by molar-refractivity contribution is 6.06. The SMILES string of the molecule is Cc1cc(C(=O)N2CCC(C(=O)O)CC2)c2c(C)nn(C)c2n1. The van der Waals surface area contributed by atoms with Gasteiger partial charge in [-0.1, -0.05) is 0 Å². The van der Waals surface area contributed by atoms with Gasteiger partial charge in [0.1, 0.15) is 0 Å². The largest absolute Gasteiger partial charge is 0.481 e. The minimum atomic E-state index is -0.776. The highest BCUT2D eigenvalue weighted by Gasteiger charge is 2.29. The summed E-state index contributed by atoms with van der Waals surface area (Å²) in [5.74, 6) is -1.19. The molecule has 7 nitrogen and oxygen atoms in total. The number of hydrogen-bond donors (Lipinski definition) is 1. The van der Waals surface area contributed by atoms with Crippen LogP contribution in [0.2, 0.25) is 0 Å². The van der Waals surface area contributed by atoms with Gasteiger partial charge < -0.3 is 10.0 Å². The molecule has 2 aromatic rings. The van der Waals surface area contributed by atoms with Gasteiger partial charge in [-0.3, -0.25) is 14.3 Å². The molecule has 1 aliphatic rings. The standard InChI is InChI=1S/C16H20N4O3/c1-9-8-12(13-10(2)18-19(3)14(13)17-9)15(21)20-6-4-11(5-7-20)16(22)23/h8,11H,4-7H2,1-3H3,(H,22,23). The normalized spacial score (nSPS) is 16.0. The number of piperidine rings is 1. The van der Waals surface area contributed by atoms with Crippen molar-refractivity contribution >= 4 is 22.9 Å². The van der Waals surface area contributed by atoms with Crippen LogP contribution in [-0.4, -0.2) is 49.7 Å². The lowest BCUT2D eigenvalue weighted by atomic mass is 9.96. The lowest BCUT2D eigenvalue weighted by Crippen LogP contribution is -2.40. The van der Waals surface area contributed by atoms with Crippen molar-refractivity contribution in [3.8, 4) is 0 Å². The number of likely N-dealkylation sites (tertiary alicyclic amines) is 1. The summed E-state index contributed by atoms with van der Waals surface area (Å²) in [6.45, 7) is 4.66. The number of rotatable bonds is 2. The van der Waals surface area contributed by atoms with E-state index in [0.29, 0.717) is 37.1 Å². The van der Waals surface area contributed by atoms with Crippen molar-refractivity contribution < 1.29 is 14.7 Å². The molecule has 3 rings (SSSR count). The minimum absolute atomic E-state index is 0.0690. The summed E-state index contributed by atoms with van der Waals surface area (Å²) >= 11 is 0. The van der Waals surface area contributed by atoms with Gasteiger partial charge >= 0.3 is 5.97 Å². The fourth-order valence-corrected chi connectivity index (χ4v) is 3.24. The molecule has 0 saturated carbocycles. The predicted molar refractivity (Wildman–Crippen MR) is 84.2 cm³/mol. The first-order valence-electron chi connectivity index (χ1n) is 7.71. The highest BCUT2D eigenvalue weighted by atomic mass is 16.4. The van der Waals surface area contributed by atoms with E-state index in [1.807, 2.05) is 20.9 Å². The summed E-state index contributed by atoms with van der Waals surface area (Å²) in [6.07, 6.45) is 1.00. The number of aliphatic carboxylic acids is 1. The average molecular weight is 316 g/mol. The lowest BCUT2D eigenvalue weighted by Gasteiger charge is -2.30. The van der Waals surface area contributed by atoms with Crippen LogP contribution >= 0.6 is 0 Å². The van der Waals surface area contributed by atoms with E-state index in [9.17, 15) is 9.59 Å². The smallest absolute Gasteiger partial charge is 0.306 e. The molecule has 1 N–H and O–H groups in total. The number of amides is 1. The van der Waals surface area contributed by atoms with Crippen molar-refractivity contribution in [1.29, 1.82) is 0 Å². The van der Waals surface area contributed by atoms with Gasteiger partial charge in [0.2, 0.25) is 0 Å². The first-order valence-corrected chi connectivity index (χ1v) is 7.71. The van der Waals surface area contributed by atoms with Crippen molar-refractivity contribution in [3.05, 3.63) is 23.0 Å². The third kappa shape index (κ3) is 2.67. The third-order valence-corrected chi connectivity index (χ3v) is 4.46. The second-order valence-electron chi connectivity index (χ2n) is 6.12. The molecule has 0 bridgehead atoms. The summed E-state index contributed by atoms with van der Waals surface area (Å²) in [5.41, 5.74) is 2.85. The molecular weight excluding hydrogens is 296 g/mol. The quantitative estimate of drug-likeness (QED) is 0.907. The highest BCUT2D eigenvalue weighted by Crippen LogP contribution is 2.25. The van der Waals surface area contributed by atoms with Crippen LogP contribution in [0, 0.1) is 19.8 Å². The molecule has 1 saturated heterocycles. The summed E-state index contributed by atoms with van der Waals surface area (Å²) in [5, 5.41) is 14.2. The first kappa shape index (κ1) is 15.5. The Morgan fingerprint density at radius 3 is 2.52 bits per heavy atom. The van der Waals surface area contributed by atoms with Gasteiger partial charge in [0.25, 0.3) is 5.91 Å². The van der Waals surface area contributed by atoms with Crippen LogP contribution in [0.15, 0.2) is 6.07 Å². The number of aromatic nitrogens is 3. The maximum Gasteiger partial charge on any atom is 0.306 e. The zero-order chi connectivity index (χ0) is 16.7. The number of carbonyl (C=O) groups excluding carboxylic acids is 1. The summed E-state index contributed by atoms with van der Waals surface area (Å²) < 4.78 is 1.69. The Kier molecular flexibility index (Phi) is 3.79. The number of carboxylic acids is 1. The Labute approximate surface area is 133 Å². The Bertz CT molecular complexity index is 788. The van der Waals surface area contributed by atoms with Gasteiger partial charge in [-0.05, 0) is 32.8 Å². The van der Waals surface area contributed by atoms with Crippen LogP contribution in [0.5, 0.6) is 0 Å². The average Bonchev–Trinajstić information content (AvgIpc) is 2.80. The zero-order valence-corrected chi connectivity index (χ0v) is 13.5. The van der Waals surface area contributed by atoms with Crippen LogP contribution in [-0.2, 0) is 11.8 Å². The molecule has 1 fully saturated rings. The number of fused-ring (bicyclic) bond motifs is 1. The van der Waals surface area contributed by atoms with E-state index in [1.165, 1.54) is 0 Å². The maximum absolute atomic E-state index is 12.9. The molecular formula is C16H20N4O3. The summed E-state index contributed by atoms with van der Waals surface area (Å²) in [4.78, 5) is 30.2. The monoisotopic (exact) mass is 316 g/mol. The topological polar surface area (TPSA) is 88.3 Å². The second kappa shape index (κ2) is 5.64. The Balaban J connectivity index is 1.94. The van der Waals surface area contributed by atoms with E-state index in [1.54, 1.807) is 15.6 Å². The van der Waals surface area contributed by atoms with E-state index in [-0.39, 0.29) is 11.8 Å². The van der Waals surface area contributed by atoms with E-state index >= 15 is 0 Å². The van der Waals surface area contributed by atoms with E-state index in [0.717, 1.165) is 16.8 Å². The Morgan fingerprint density at radius 2 is 1.91 bits per heavy atom. The predicted octanol–water partition coefficient (Wildman–Crippen LogP) is 1.52. The van der Waals surface area contributed by atoms with Crippen molar-refractivity contribution in [2.75, 3.05) is 13.1 Å². The van der Waals surface area contributed by atoms with Crippen LogP contribution in [0.4, 0.5) is 0 Å². The van der Waals surface area contributed by atoms with Crippen LogP contribution in [0.1, 0.15) is 34.6 Å². The van der Waals surface area contributed by atoms with Gasteiger partial charge in [-0.15, -0.1) is 0 Å². The van der Waals surface area contributed by atoms with E-state index in [2.05, 4.69) is 10.1 Å². The number of nitrogens with zero attached hydrogens (tertiary/aromatic N) is 4. The summed E-state index contributed by atoms with van der Waals surface area (Å²) in [6, 6.07) is 1.79. The summed E-state index contributed by atoms with van der Waals surface area (Å²) in [7, 11) is 1.81. The number of carboxylic acid groups (broad SMARTS) is 1. The van der Waals surface area contributed by atoms with Crippen LogP contribution in [0.3, 0.4) is 0 Å². The molecule has 0 aromatic carbocycles. The fraction of sp³-hybridized carbons (Fsp3) is 0.500. The number of carbonyl (C=O) groups is 2. The van der Waals surface area contributed by atoms with Crippen LogP contribution < -0.4 is 0 Å². The molecule has 122 valence electrons. The number of pyridine rings is 1. The van der Waals surface area contributed by atoms with Gasteiger partial charge in [-0.2, -0.15) is 5.10 Å². The first-order chi connectivity index (χ1) is 10.9. The molecule has 7 heteroatoms. The zero-order valence-electron chi connectivity index (χ0n) is 13.5. The third-order valence-electron chi connectivity index (χ3n) is 4.46. The molecule has 1 aliphatic heterocycles. The molecule has 1 amide bonds. The van der Waals surface area contributed by atoms with E-state index in [4.69, 9.17) is 5.11 Å². The lowest BCUT2D eigenvalue weighted by molar-refractivity contribution is -0.143. The molecule has 0 atom stereocenters. The van der Waals surface area contributed by atoms with Gasteiger partial charge in [0.15, 0.2) is 5.65 Å². The van der Waals surface area contributed by atoms with Crippen LogP contribution in [0.25, 0.3) is 11.0 Å². The second-order valence-corrected chi connectivity index (χ2v) is 6.12. The maximum atomic E-state index is 12.9. The van der Waals surface area contributed by atoms with Gasteiger partial charge in [0.05, 0.1) is 22.6 Å². The molecule has 2 aromatic heterocycles. The van der Waals surface area contributed by atoms with Gasteiger partial charge in [0, 0.05) is 25.8 Å². The minimum Gasteiger partial charge on any atom is -0.481 e. The molecule has 3 heterocycles. The molecule has 0 spiro atoms. The molecule has 0 radical (unpaired) electrons. The fourth-order valence-electron chi connectivity index (χ4n) is 3.24. The molecule has 0 aliphatic carbocycles. The van der Waals surface area contributed by atoms with Gasteiger partial charge in [-0.25, -0.2) is 4.98 Å². The molecule has 0 unspecified atom stereocenters. The van der Waals surface area contributed by atoms with Crippen molar-refractivity contribution in [2.45, 2.75) is 26.7 Å². The Hall–Kier alpha value is -2.44. The number of hydrogen-bond acceptors (Lipinski definition) is 4. The Morgan fingerprint density at radius 1 is 1.26 bits per heavy atom. The molecule has 23 heavy (non-hydrogen) atoms. The van der Waals surface area contributed by atoms with Crippen molar-refractivity contribution in [1.82, 2.24) is 19.7 Å². The number of aryl methyl sites for hydroxylation is 3.